The van der Waals surface area contributed by atoms with Crippen LogP contribution in [0.4, 0.5) is 0 Å². The van der Waals surface area contributed by atoms with E-state index < -0.39 is 0 Å². The molecule has 0 atom stereocenters. The Bertz CT molecular complexity index is 598. The van der Waals surface area contributed by atoms with Crippen LogP contribution < -0.4 is 5.32 Å². The lowest BCUT2D eigenvalue weighted by molar-refractivity contribution is 0.0952. The average Bonchev–Trinajstić information content (AvgIpc) is 2.78. The number of aromatic nitrogens is 2. The Labute approximate surface area is 125 Å². The Kier molecular flexibility index (Phi) is 4.69. The van der Waals surface area contributed by atoms with E-state index in [4.69, 9.17) is 34.8 Å². The number of hydrogen-bond donors (Lipinski definition) is 1. The number of nitrogens with one attached hydrogen (secondary N) is 1. The third-order valence-corrected chi connectivity index (χ3v) is 3.44. The van der Waals surface area contributed by atoms with E-state index in [1.54, 1.807) is 29.1 Å². The first-order chi connectivity index (χ1) is 9.08. The maximum absolute atomic E-state index is 11.9. The van der Waals surface area contributed by atoms with E-state index in [2.05, 4.69) is 10.4 Å². The summed E-state index contributed by atoms with van der Waals surface area (Å²) in [6, 6.07) is 4.93. The van der Waals surface area contributed by atoms with E-state index in [1.807, 2.05) is 0 Å². The molecule has 0 spiro atoms. The van der Waals surface area contributed by atoms with E-state index in [-0.39, 0.29) is 10.9 Å². The summed E-state index contributed by atoms with van der Waals surface area (Å²) in [4.78, 5) is 11.9. The maximum Gasteiger partial charge on any atom is 0.252 e. The van der Waals surface area contributed by atoms with Crippen molar-refractivity contribution in [1.29, 1.82) is 0 Å². The van der Waals surface area contributed by atoms with Gasteiger partial charge < -0.3 is 5.32 Å². The normalized spacial score (nSPS) is 10.5. The minimum Gasteiger partial charge on any atom is -0.350 e. The number of nitrogens with zero attached hydrogens (tertiary/aromatic N) is 2. The van der Waals surface area contributed by atoms with Crippen molar-refractivity contribution in [2.45, 2.75) is 6.54 Å². The predicted octanol–water partition coefficient (Wildman–Crippen LogP) is 3.27. The number of carbonyl (C=O) groups excluding carboxylic acids is 1. The number of hydrogen-bond acceptors (Lipinski definition) is 2. The topological polar surface area (TPSA) is 46.9 Å². The van der Waals surface area contributed by atoms with Gasteiger partial charge in [0.1, 0.15) is 0 Å². The average molecular weight is 319 g/mol. The fraction of sp³-hybridized carbons (Fsp3) is 0.167. The number of rotatable bonds is 4. The van der Waals surface area contributed by atoms with Gasteiger partial charge in [-0.15, -0.1) is 0 Å². The lowest BCUT2D eigenvalue weighted by Gasteiger charge is -2.07. The van der Waals surface area contributed by atoms with E-state index in [1.165, 1.54) is 6.20 Å². The summed E-state index contributed by atoms with van der Waals surface area (Å²) in [5, 5.41) is 7.91. The fourth-order valence-electron chi connectivity index (χ4n) is 1.52. The lowest BCUT2D eigenvalue weighted by atomic mass is 10.2. The molecule has 0 aliphatic rings. The van der Waals surface area contributed by atoms with Gasteiger partial charge in [-0.1, -0.05) is 40.9 Å². The van der Waals surface area contributed by atoms with Crippen LogP contribution in [-0.2, 0) is 6.54 Å². The van der Waals surface area contributed by atoms with Gasteiger partial charge in [-0.25, -0.2) is 0 Å². The van der Waals surface area contributed by atoms with Crippen LogP contribution in [0.25, 0.3) is 0 Å². The maximum atomic E-state index is 11.9. The molecule has 0 saturated heterocycles. The van der Waals surface area contributed by atoms with Crippen LogP contribution in [-0.4, -0.2) is 22.2 Å². The number of benzene rings is 1. The van der Waals surface area contributed by atoms with Crippen molar-refractivity contribution in [3.63, 3.8) is 0 Å². The molecule has 1 aromatic carbocycles. The molecule has 0 aliphatic heterocycles. The fourth-order valence-corrected chi connectivity index (χ4v) is 2.06. The molecule has 1 N–H and O–H groups in total. The molecular formula is C12H10Cl3N3O. The zero-order valence-electron chi connectivity index (χ0n) is 9.74. The molecule has 0 fully saturated rings. The first-order valence-corrected chi connectivity index (χ1v) is 6.61. The molecule has 0 saturated carbocycles. The van der Waals surface area contributed by atoms with Crippen LogP contribution >= 0.6 is 34.8 Å². The second kappa shape index (κ2) is 6.28. The molecule has 100 valence electrons. The highest BCUT2D eigenvalue weighted by Gasteiger charge is 2.11. The Morgan fingerprint density at radius 2 is 2.11 bits per heavy atom. The van der Waals surface area contributed by atoms with Gasteiger partial charge in [-0.05, 0) is 12.1 Å². The molecule has 0 radical (unpaired) electrons. The van der Waals surface area contributed by atoms with Crippen molar-refractivity contribution in [2.75, 3.05) is 6.54 Å². The summed E-state index contributed by atoms with van der Waals surface area (Å²) in [6.07, 6.45) is 3.22. The molecule has 0 bridgehead atoms. The van der Waals surface area contributed by atoms with Crippen molar-refractivity contribution in [3.8, 4) is 0 Å². The summed E-state index contributed by atoms with van der Waals surface area (Å²) in [5.41, 5.74) is 0.354. The van der Waals surface area contributed by atoms with Crippen molar-refractivity contribution in [1.82, 2.24) is 15.1 Å². The summed E-state index contributed by atoms with van der Waals surface area (Å²) < 4.78 is 1.64. The third-order valence-electron chi connectivity index (χ3n) is 2.42. The standard InChI is InChI=1S/C12H10Cl3N3O/c13-8-6-17-18(7-8)5-4-16-12(19)9-2-1-3-10(14)11(9)15/h1-3,6-7H,4-5H2,(H,16,19). The first kappa shape index (κ1) is 14.2. The van der Waals surface area contributed by atoms with Gasteiger partial charge in [0.15, 0.2) is 0 Å². The molecule has 1 amide bonds. The molecule has 4 nitrogen and oxygen atoms in total. The monoisotopic (exact) mass is 317 g/mol. The second-order valence-corrected chi connectivity index (χ2v) is 5.00. The molecule has 0 unspecified atom stereocenters. The van der Waals surface area contributed by atoms with Gasteiger partial charge >= 0.3 is 0 Å². The van der Waals surface area contributed by atoms with Gasteiger partial charge in [0.2, 0.25) is 0 Å². The van der Waals surface area contributed by atoms with Gasteiger partial charge in [0, 0.05) is 12.7 Å². The Morgan fingerprint density at radius 3 is 2.79 bits per heavy atom. The van der Waals surface area contributed by atoms with Crippen LogP contribution in [0.3, 0.4) is 0 Å². The summed E-state index contributed by atoms with van der Waals surface area (Å²) >= 11 is 17.5. The minimum absolute atomic E-state index is 0.254. The highest BCUT2D eigenvalue weighted by Crippen LogP contribution is 2.25. The number of amides is 1. The highest BCUT2D eigenvalue weighted by molar-refractivity contribution is 6.43. The van der Waals surface area contributed by atoms with Crippen molar-refractivity contribution in [3.05, 3.63) is 51.2 Å². The summed E-state index contributed by atoms with van der Waals surface area (Å²) in [6.45, 7) is 0.941. The molecule has 2 aromatic rings. The van der Waals surface area contributed by atoms with Crippen LogP contribution in [0.1, 0.15) is 10.4 Å². The van der Waals surface area contributed by atoms with E-state index in [0.717, 1.165) is 0 Å². The molecule has 1 aromatic heterocycles. The van der Waals surface area contributed by atoms with Gasteiger partial charge in [0.25, 0.3) is 5.91 Å². The summed E-state index contributed by atoms with van der Waals surface area (Å²) in [7, 11) is 0. The highest BCUT2D eigenvalue weighted by atomic mass is 35.5. The lowest BCUT2D eigenvalue weighted by Crippen LogP contribution is -2.27. The predicted molar refractivity (Wildman–Crippen MR) is 76.0 cm³/mol. The molecule has 19 heavy (non-hydrogen) atoms. The van der Waals surface area contributed by atoms with E-state index in [0.29, 0.717) is 28.7 Å². The van der Waals surface area contributed by atoms with Crippen LogP contribution in [0.2, 0.25) is 15.1 Å². The first-order valence-electron chi connectivity index (χ1n) is 5.48. The van der Waals surface area contributed by atoms with Crippen molar-refractivity contribution >= 4 is 40.7 Å². The Hall–Kier alpha value is -1.23. The zero-order chi connectivity index (χ0) is 13.8. The van der Waals surface area contributed by atoms with Crippen molar-refractivity contribution in [2.24, 2.45) is 0 Å². The smallest absolute Gasteiger partial charge is 0.252 e. The van der Waals surface area contributed by atoms with Gasteiger partial charge in [-0.3, -0.25) is 9.48 Å². The molecule has 1 heterocycles. The minimum atomic E-state index is -0.272. The quantitative estimate of drug-likeness (QED) is 0.940. The molecule has 2 rings (SSSR count). The largest absolute Gasteiger partial charge is 0.350 e. The van der Waals surface area contributed by atoms with Gasteiger partial charge in [-0.2, -0.15) is 5.10 Å². The zero-order valence-corrected chi connectivity index (χ0v) is 12.0. The van der Waals surface area contributed by atoms with Crippen molar-refractivity contribution < 1.29 is 4.79 Å². The summed E-state index contributed by atoms with van der Waals surface area (Å²) in [5.74, 6) is -0.272. The second-order valence-electron chi connectivity index (χ2n) is 3.78. The van der Waals surface area contributed by atoms with E-state index in [9.17, 15) is 4.79 Å². The van der Waals surface area contributed by atoms with Gasteiger partial charge in [0.05, 0.1) is 33.4 Å². The van der Waals surface area contributed by atoms with Crippen LogP contribution in [0, 0.1) is 0 Å². The van der Waals surface area contributed by atoms with Crippen LogP contribution in [0.15, 0.2) is 30.6 Å². The third kappa shape index (κ3) is 3.62. The number of carbonyl (C=O) groups is 1. The SMILES string of the molecule is O=C(NCCn1cc(Cl)cn1)c1cccc(Cl)c1Cl. The molecular weight excluding hydrogens is 309 g/mol. The number of halogens is 3. The van der Waals surface area contributed by atoms with Crippen LogP contribution in [0.5, 0.6) is 0 Å². The van der Waals surface area contributed by atoms with E-state index >= 15 is 0 Å². The molecule has 7 heteroatoms. The Morgan fingerprint density at radius 1 is 1.32 bits per heavy atom. The Balaban J connectivity index is 1.93. The molecule has 0 aliphatic carbocycles.